The number of fused-ring (bicyclic) bond motifs is 1. The fourth-order valence-corrected chi connectivity index (χ4v) is 3.56. The Hall–Kier alpha value is -4.59. The molecule has 4 nitrogen and oxygen atoms in total. The molecule has 0 unspecified atom stereocenters. The lowest BCUT2D eigenvalue weighted by atomic mass is 10.0. The molecule has 0 aliphatic heterocycles. The predicted octanol–water partition coefficient (Wildman–Crippen LogP) is 5.50. The number of allylic oxidation sites excluding steroid dienone is 1. The van der Waals surface area contributed by atoms with Crippen LogP contribution in [-0.2, 0) is 6.54 Å². The first-order chi connectivity index (χ1) is 14.7. The maximum Gasteiger partial charge on any atom is 0.0998 e. The topological polar surface area (TPSA) is 76.3 Å². The van der Waals surface area contributed by atoms with Gasteiger partial charge in [0.2, 0.25) is 0 Å². The van der Waals surface area contributed by atoms with Gasteiger partial charge in [0.1, 0.15) is 0 Å². The highest BCUT2D eigenvalue weighted by Gasteiger charge is 2.11. The maximum atomic E-state index is 9.74. The van der Waals surface area contributed by atoms with E-state index in [0.29, 0.717) is 28.8 Å². The second-order valence-electron chi connectivity index (χ2n) is 6.86. The van der Waals surface area contributed by atoms with E-state index in [1.54, 1.807) is 18.2 Å². The van der Waals surface area contributed by atoms with E-state index in [1.165, 1.54) is 0 Å². The summed E-state index contributed by atoms with van der Waals surface area (Å²) >= 11 is 0. The minimum Gasteiger partial charge on any atom is -0.342 e. The Labute approximate surface area is 174 Å². The number of nitrogens with zero attached hydrogens (tertiary/aromatic N) is 4. The monoisotopic (exact) mass is 384 g/mol. The van der Waals surface area contributed by atoms with Crippen molar-refractivity contribution in [3.63, 3.8) is 0 Å². The Morgan fingerprint density at radius 3 is 2.47 bits per heavy atom. The van der Waals surface area contributed by atoms with E-state index in [0.717, 1.165) is 22.0 Å². The standard InChI is InChI=1S/C26H16N4/c27-14-19-6-5-9-20(12-19)23(16-29)13-24-18-30(26-11-4-3-10-25(24)26)17-22-8-2-1-7-21(22)15-28/h1-13,18H,17H2/b23-13+. The first-order valence-electron chi connectivity index (χ1n) is 9.41. The zero-order valence-corrected chi connectivity index (χ0v) is 16.1. The van der Waals surface area contributed by atoms with Crippen LogP contribution in [0.3, 0.4) is 0 Å². The smallest absolute Gasteiger partial charge is 0.0998 e. The fourth-order valence-electron chi connectivity index (χ4n) is 3.56. The van der Waals surface area contributed by atoms with Crippen LogP contribution < -0.4 is 0 Å². The van der Waals surface area contributed by atoms with Crippen LogP contribution in [0.4, 0.5) is 0 Å². The van der Waals surface area contributed by atoms with E-state index in [-0.39, 0.29) is 0 Å². The molecular weight excluding hydrogens is 368 g/mol. The first kappa shape index (κ1) is 18.8. The van der Waals surface area contributed by atoms with Gasteiger partial charge >= 0.3 is 0 Å². The Morgan fingerprint density at radius 2 is 1.67 bits per heavy atom. The molecule has 1 aromatic heterocycles. The predicted molar refractivity (Wildman–Crippen MR) is 117 cm³/mol. The van der Waals surface area contributed by atoms with E-state index in [9.17, 15) is 10.5 Å². The van der Waals surface area contributed by atoms with Crippen LogP contribution in [0.2, 0.25) is 0 Å². The molecule has 1 heterocycles. The van der Waals surface area contributed by atoms with Gasteiger partial charge < -0.3 is 4.57 Å². The molecule has 0 saturated heterocycles. The van der Waals surface area contributed by atoms with Gasteiger partial charge in [0.05, 0.1) is 34.9 Å². The van der Waals surface area contributed by atoms with Gasteiger partial charge in [-0.2, -0.15) is 15.8 Å². The van der Waals surface area contributed by atoms with E-state index in [2.05, 4.69) is 22.8 Å². The molecule has 30 heavy (non-hydrogen) atoms. The van der Waals surface area contributed by atoms with Gasteiger partial charge in [-0.1, -0.05) is 48.5 Å². The fraction of sp³-hybridized carbons (Fsp3) is 0.0385. The average molecular weight is 384 g/mol. The van der Waals surface area contributed by atoms with Crippen molar-refractivity contribution in [3.8, 4) is 18.2 Å². The summed E-state index contributed by atoms with van der Waals surface area (Å²) < 4.78 is 2.10. The van der Waals surface area contributed by atoms with E-state index >= 15 is 0 Å². The van der Waals surface area contributed by atoms with Crippen LogP contribution in [0.5, 0.6) is 0 Å². The molecule has 0 amide bonds. The minimum atomic E-state index is 0.493. The van der Waals surface area contributed by atoms with Crippen LogP contribution in [0, 0.1) is 34.0 Å². The molecule has 0 radical (unpaired) electrons. The lowest BCUT2D eigenvalue weighted by Crippen LogP contribution is -2.00. The second kappa shape index (κ2) is 8.19. The Morgan fingerprint density at radius 1 is 0.867 bits per heavy atom. The summed E-state index contributed by atoms with van der Waals surface area (Å²) in [4.78, 5) is 0. The summed E-state index contributed by atoms with van der Waals surface area (Å²) in [6.45, 7) is 0.559. The van der Waals surface area contributed by atoms with Crippen molar-refractivity contribution in [1.82, 2.24) is 4.57 Å². The zero-order valence-electron chi connectivity index (χ0n) is 16.1. The average Bonchev–Trinajstić information content (AvgIpc) is 3.15. The van der Waals surface area contributed by atoms with E-state index in [4.69, 9.17) is 5.26 Å². The van der Waals surface area contributed by atoms with Gasteiger partial charge in [-0.05, 0) is 41.5 Å². The highest BCUT2D eigenvalue weighted by Crippen LogP contribution is 2.27. The number of benzene rings is 3. The summed E-state index contributed by atoms with van der Waals surface area (Å²) in [6, 6.07) is 29.2. The molecule has 3 aromatic carbocycles. The van der Waals surface area contributed by atoms with Crippen LogP contribution in [0.15, 0.2) is 79.0 Å². The van der Waals surface area contributed by atoms with Crippen LogP contribution in [0.25, 0.3) is 22.6 Å². The van der Waals surface area contributed by atoms with E-state index in [1.807, 2.05) is 66.9 Å². The molecular formula is C26H16N4. The zero-order chi connectivity index (χ0) is 20.9. The number of hydrogen-bond donors (Lipinski definition) is 0. The SMILES string of the molecule is N#C/C(=C\c1cn(Cc2ccccc2C#N)c2ccccc12)c1cccc(C#N)c1. The van der Waals surface area contributed by atoms with Gasteiger partial charge in [-0.15, -0.1) is 0 Å². The van der Waals surface area contributed by atoms with Gasteiger partial charge in [0, 0.05) is 29.2 Å². The Kier molecular flexibility index (Phi) is 5.12. The van der Waals surface area contributed by atoms with Crippen molar-refractivity contribution in [2.75, 3.05) is 0 Å². The molecule has 0 bridgehead atoms. The van der Waals surface area contributed by atoms with Crippen LogP contribution in [-0.4, -0.2) is 4.57 Å². The van der Waals surface area contributed by atoms with Gasteiger partial charge in [-0.3, -0.25) is 0 Å². The van der Waals surface area contributed by atoms with Crippen molar-refractivity contribution in [1.29, 1.82) is 15.8 Å². The van der Waals surface area contributed by atoms with Crippen molar-refractivity contribution in [2.24, 2.45) is 0 Å². The summed E-state index contributed by atoms with van der Waals surface area (Å²) in [7, 11) is 0. The molecule has 0 spiro atoms. The minimum absolute atomic E-state index is 0.493. The lowest BCUT2D eigenvalue weighted by Gasteiger charge is -2.07. The van der Waals surface area contributed by atoms with Crippen LogP contribution in [0.1, 0.15) is 27.8 Å². The molecule has 0 aliphatic carbocycles. The summed E-state index contributed by atoms with van der Waals surface area (Å²) in [5, 5.41) is 29.3. The Bertz CT molecular complexity index is 1400. The Balaban J connectivity index is 1.82. The molecule has 0 saturated carbocycles. The highest BCUT2D eigenvalue weighted by molar-refractivity contribution is 5.98. The number of hydrogen-bond acceptors (Lipinski definition) is 3. The van der Waals surface area contributed by atoms with Gasteiger partial charge in [0.25, 0.3) is 0 Å². The third-order valence-electron chi connectivity index (χ3n) is 5.02. The van der Waals surface area contributed by atoms with Crippen molar-refractivity contribution in [3.05, 3.63) is 107 Å². The van der Waals surface area contributed by atoms with Crippen molar-refractivity contribution in [2.45, 2.75) is 6.54 Å². The largest absolute Gasteiger partial charge is 0.342 e. The van der Waals surface area contributed by atoms with Crippen molar-refractivity contribution >= 4 is 22.6 Å². The second-order valence-corrected chi connectivity index (χ2v) is 6.86. The highest BCUT2D eigenvalue weighted by atomic mass is 15.0. The first-order valence-corrected chi connectivity index (χ1v) is 9.41. The van der Waals surface area contributed by atoms with E-state index < -0.39 is 0 Å². The van der Waals surface area contributed by atoms with Crippen molar-refractivity contribution < 1.29 is 0 Å². The number of para-hydroxylation sites is 1. The molecule has 0 N–H and O–H groups in total. The normalized spacial score (nSPS) is 10.9. The molecule has 0 atom stereocenters. The molecule has 0 fully saturated rings. The summed E-state index contributed by atoms with van der Waals surface area (Å²) in [5.41, 5.74) is 5.26. The maximum absolute atomic E-state index is 9.74. The quantitative estimate of drug-likeness (QED) is 0.436. The lowest BCUT2D eigenvalue weighted by molar-refractivity contribution is 0.833. The third kappa shape index (κ3) is 3.57. The number of aromatic nitrogens is 1. The molecule has 4 aromatic rings. The summed E-state index contributed by atoms with van der Waals surface area (Å²) in [5.74, 6) is 0. The van der Waals surface area contributed by atoms with Gasteiger partial charge in [0.15, 0.2) is 0 Å². The molecule has 0 aliphatic rings. The molecule has 4 heteroatoms. The van der Waals surface area contributed by atoms with Crippen LogP contribution >= 0.6 is 0 Å². The summed E-state index contributed by atoms with van der Waals surface area (Å²) in [6.07, 6.45) is 3.86. The number of rotatable bonds is 4. The molecule has 4 rings (SSSR count). The number of nitriles is 3. The molecule has 140 valence electrons. The van der Waals surface area contributed by atoms with Gasteiger partial charge in [-0.25, -0.2) is 0 Å². The third-order valence-corrected chi connectivity index (χ3v) is 5.02.